The molecule has 3 fully saturated rings. The van der Waals surface area contributed by atoms with Crippen LogP contribution in [0.1, 0.15) is 86.8 Å². The maximum Gasteiger partial charge on any atom is 0.586 e. The number of aromatic nitrogens is 4. The topological polar surface area (TPSA) is 284 Å². The van der Waals surface area contributed by atoms with Gasteiger partial charge < -0.3 is 57.5 Å². The number of benzene rings is 2. The van der Waals surface area contributed by atoms with E-state index in [1.165, 1.54) is 63.0 Å². The predicted molar refractivity (Wildman–Crippen MR) is 297 cm³/mol. The lowest BCUT2D eigenvalue weighted by molar-refractivity contribution is -0.287. The van der Waals surface area contributed by atoms with Crippen molar-refractivity contribution in [3.05, 3.63) is 144 Å². The van der Waals surface area contributed by atoms with Crippen LogP contribution in [-0.2, 0) is 61.9 Å². The van der Waals surface area contributed by atoms with E-state index in [-0.39, 0.29) is 58.3 Å². The van der Waals surface area contributed by atoms with Crippen LogP contribution < -0.4 is 46.2 Å². The van der Waals surface area contributed by atoms with E-state index in [4.69, 9.17) is 26.2 Å². The number of pyridine rings is 4. The number of amides is 2. The SMILES string of the molecule is COC(=O)Cn1cc(-c2nc(NC(=O)C3(c4ccc5c(c4)OC(F)(F)O5)CC3)ccc2C)cc(C#N)c1=O.COC(=O)Cn1cc(B2OC(C)(C)C(C)(C)O2)cc(C#N)c1=O.Cc1ccc(NC(=O)C2(c3ccc4c(c3)OC(F)(F)O4)CC2)nc1Cl. The lowest BCUT2D eigenvalue weighted by Crippen LogP contribution is -2.41. The molecule has 2 saturated carbocycles. The third kappa shape index (κ3) is 12.6. The lowest BCUT2D eigenvalue weighted by Gasteiger charge is -2.32. The van der Waals surface area contributed by atoms with E-state index < -0.39 is 71.3 Å². The summed E-state index contributed by atoms with van der Waals surface area (Å²) in [7, 11) is 1.69. The quantitative estimate of drug-likeness (QED) is 0.0519. The van der Waals surface area contributed by atoms with Crippen molar-refractivity contribution < 1.29 is 74.5 Å². The fourth-order valence-corrected chi connectivity index (χ4v) is 9.46. The van der Waals surface area contributed by atoms with Gasteiger partial charge in [0.05, 0.1) is 41.9 Å². The number of nitrogens with one attached hydrogen (secondary N) is 2. The number of ether oxygens (including phenoxy) is 6. The van der Waals surface area contributed by atoms with Crippen molar-refractivity contribution in [2.45, 2.75) is 115 Å². The van der Waals surface area contributed by atoms with Gasteiger partial charge in [-0.15, -0.1) is 17.6 Å². The van der Waals surface area contributed by atoms with E-state index in [9.17, 15) is 51.6 Å². The van der Waals surface area contributed by atoms with Crippen LogP contribution in [0.5, 0.6) is 23.0 Å². The molecule has 2 aromatic carbocycles. The lowest BCUT2D eigenvalue weighted by atomic mass is 9.79. The molecule has 0 bridgehead atoms. The maximum atomic E-state index is 13.4. The molecule has 3 aliphatic heterocycles. The second-order valence-electron chi connectivity index (χ2n) is 21.6. The largest absolute Gasteiger partial charge is 0.586 e. The number of nitrogens with zero attached hydrogens (tertiary/aromatic N) is 6. The Morgan fingerprint density at radius 3 is 1.50 bits per heavy atom. The van der Waals surface area contributed by atoms with Crippen molar-refractivity contribution in [1.29, 1.82) is 10.5 Å². The van der Waals surface area contributed by atoms with Crippen molar-refractivity contribution in [3.8, 4) is 46.4 Å². The highest BCUT2D eigenvalue weighted by molar-refractivity contribution is 6.62. The average molecular weight is 1210 g/mol. The highest BCUT2D eigenvalue weighted by Crippen LogP contribution is 2.54. The molecule has 4 aromatic heterocycles. The molecule has 11 rings (SSSR count). The molecule has 6 aromatic rings. The summed E-state index contributed by atoms with van der Waals surface area (Å²) in [6.07, 6.45) is -2.37. The number of rotatable bonds is 12. The van der Waals surface area contributed by atoms with Gasteiger partial charge in [0.15, 0.2) is 23.0 Å². The maximum absolute atomic E-state index is 13.4. The van der Waals surface area contributed by atoms with Crippen molar-refractivity contribution in [2.75, 3.05) is 24.9 Å². The number of hydrogen-bond donors (Lipinski definition) is 2. The van der Waals surface area contributed by atoms with Crippen LogP contribution in [0.3, 0.4) is 0 Å². The summed E-state index contributed by atoms with van der Waals surface area (Å²) in [5.74, 6) is -1.69. The van der Waals surface area contributed by atoms with Gasteiger partial charge in [0.25, 0.3) is 11.1 Å². The second-order valence-corrected chi connectivity index (χ2v) is 21.9. The van der Waals surface area contributed by atoms with Crippen LogP contribution in [-0.4, -0.2) is 88.0 Å². The molecule has 2 N–H and O–H groups in total. The third-order valence-electron chi connectivity index (χ3n) is 15.2. The summed E-state index contributed by atoms with van der Waals surface area (Å²) in [6, 6.07) is 21.9. The molecule has 446 valence electrons. The van der Waals surface area contributed by atoms with Crippen molar-refractivity contribution in [1.82, 2.24) is 19.1 Å². The normalized spacial score (nSPS) is 17.4. The van der Waals surface area contributed by atoms with Gasteiger partial charge in [-0.1, -0.05) is 35.9 Å². The Hall–Kier alpha value is -9.31. The van der Waals surface area contributed by atoms with Crippen molar-refractivity contribution >= 4 is 59.6 Å². The highest BCUT2D eigenvalue weighted by Gasteiger charge is 2.55. The van der Waals surface area contributed by atoms with Gasteiger partial charge in [0, 0.05) is 23.4 Å². The molecule has 0 spiro atoms. The Bertz CT molecular complexity index is 3970. The van der Waals surface area contributed by atoms with Crippen LogP contribution >= 0.6 is 11.6 Å². The van der Waals surface area contributed by atoms with Gasteiger partial charge in [-0.25, -0.2) is 9.97 Å². The molecular weight excluding hydrogens is 1150 g/mol. The number of esters is 2. The summed E-state index contributed by atoms with van der Waals surface area (Å²) in [6.45, 7) is 10.5. The summed E-state index contributed by atoms with van der Waals surface area (Å²) in [5, 5.41) is 24.4. The molecule has 2 amide bonds. The van der Waals surface area contributed by atoms with E-state index in [1.54, 1.807) is 43.3 Å². The first-order valence-corrected chi connectivity index (χ1v) is 26.7. The molecule has 0 atom stereocenters. The fraction of sp³-hybridized carbons (Fsp3) is 0.345. The standard InChI is InChI=1S/C26H20F2N4O6.C17H13ClF2N2O3.C15H19BN2O5/c1-14-3-6-20(30-22(14)16-9-15(11-29)23(34)32(12-16)13-21(33)36-2)31-24(35)25(7-8-25)17-4-5-18-19(10-17)38-26(27,28)37-18;1-9-2-5-13(21-14(9)18)22-15(23)16(6-7-16)10-3-4-11-12(8-10)25-17(19,20)24-11;1-14(2)15(3,4)23-16(22-14)11-6-10(7-17)13(20)18(8-11)9-12(19)21-5/h3-6,9-10,12H,7-8,13H2,1-2H3,(H,30,31,35);2-5,8H,6-7H2,1H3,(H,21,22,23);6,8H,9H2,1-5H3. The summed E-state index contributed by atoms with van der Waals surface area (Å²) in [4.78, 5) is 82.5. The molecule has 0 unspecified atom stereocenters. The molecule has 1 saturated heterocycles. The number of methoxy groups -OCH3 is 2. The van der Waals surface area contributed by atoms with Crippen LogP contribution in [0.25, 0.3) is 11.3 Å². The average Bonchev–Trinajstić information content (AvgIpc) is 1.63. The van der Waals surface area contributed by atoms with Crippen LogP contribution in [0.15, 0.2) is 94.8 Å². The van der Waals surface area contributed by atoms with Gasteiger partial charge in [-0.3, -0.25) is 28.8 Å². The molecule has 0 radical (unpaired) electrons. The van der Waals surface area contributed by atoms with Gasteiger partial charge in [0.1, 0.15) is 53.1 Å². The van der Waals surface area contributed by atoms with Crippen LogP contribution in [0, 0.1) is 36.5 Å². The minimum absolute atomic E-state index is 0.0445. The van der Waals surface area contributed by atoms with E-state index in [0.29, 0.717) is 70.1 Å². The molecule has 7 heterocycles. The first-order valence-electron chi connectivity index (χ1n) is 26.3. The smallest absolute Gasteiger partial charge is 0.468 e. The van der Waals surface area contributed by atoms with E-state index >= 15 is 0 Å². The molecule has 22 nitrogen and oxygen atoms in total. The van der Waals surface area contributed by atoms with E-state index in [0.717, 1.165) is 14.7 Å². The van der Waals surface area contributed by atoms with Gasteiger partial charge in [0.2, 0.25) is 11.8 Å². The van der Waals surface area contributed by atoms with Crippen LogP contribution in [0.2, 0.25) is 5.15 Å². The molecule has 86 heavy (non-hydrogen) atoms. The first-order chi connectivity index (χ1) is 40.4. The van der Waals surface area contributed by atoms with Crippen molar-refractivity contribution in [3.63, 3.8) is 0 Å². The number of carbonyl (C=O) groups excluding carboxylic acids is 4. The Labute approximate surface area is 492 Å². The molecular formula is C58H52BClF4N8O14. The summed E-state index contributed by atoms with van der Waals surface area (Å²) < 4.78 is 94.2. The first kappa shape index (κ1) is 61.3. The number of anilines is 2. The Balaban J connectivity index is 0.000000161. The van der Waals surface area contributed by atoms with Gasteiger partial charge in [-0.2, -0.15) is 10.5 Å². The number of aryl methyl sites for hydroxylation is 2. The number of fused-ring (bicyclic) bond motifs is 2. The molecule has 5 aliphatic rings. The van der Waals surface area contributed by atoms with E-state index in [2.05, 4.69) is 49.0 Å². The number of halogens is 5. The minimum atomic E-state index is -3.76. The molecule has 2 aliphatic carbocycles. The zero-order valence-electron chi connectivity index (χ0n) is 47.2. The zero-order chi connectivity index (χ0) is 62.5. The van der Waals surface area contributed by atoms with Gasteiger partial charge >= 0.3 is 31.6 Å². The monoisotopic (exact) mass is 1210 g/mol. The van der Waals surface area contributed by atoms with E-state index in [1.807, 2.05) is 46.8 Å². The Morgan fingerprint density at radius 2 is 1.06 bits per heavy atom. The Kier molecular flexibility index (Phi) is 16.3. The molecule has 28 heteroatoms. The van der Waals surface area contributed by atoms with Gasteiger partial charge in [-0.05, 0) is 138 Å². The number of alkyl halides is 4. The second kappa shape index (κ2) is 22.9. The number of hydrogen-bond acceptors (Lipinski definition) is 18. The number of carbonyl (C=O) groups is 4. The van der Waals surface area contributed by atoms with Crippen LogP contribution in [0.4, 0.5) is 29.2 Å². The third-order valence-corrected chi connectivity index (χ3v) is 15.6. The predicted octanol–water partition coefficient (Wildman–Crippen LogP) is 7.48. The Morgan fingerprint density at radius 1 is 0.628 bits per heavy atom. The number of nitriles is 2. The van der Waals surface area contributed by atoms with Crippen molar-refractivity contribution in [2.24, 2.45) is 0 Å². The minimum Gasteiger partial charge on any atom is -0.468 e. The summed E-state index contributed by atoms with van der Waals surface area (Å²) >= 11 is 5.97. The zero-order valence-corrected chi connectivity index (χ0v) is 47.9. The summed E-state index contributed by atoms with van der Waals surface area (Å²) in [5.41, 5.74) is -0.424. The fourth-order valence-electron chi connectivity index (χ4n) is 9.31. The highest BCUT2D eigenvalue weighted by atomic mass is 35.5.